The molecule has 0 spiro atoms. The van der Waals surface area contributed by atoms with E-state index in [2.05, 4.69) is 10.6 Å². The van der Waals surface area contributed by atoms with Gasteiger partial charge in [-0.05, 0) is 37.7 Å². The van der Waals surface area contributed by atoms with Crippen molar-refractivity contribution < 1.29 is 23.5 Å². The summed E-state index contributed by atoms with van der Waals surface area (Å²) in [4.78, 5) is 37.0. The summed E-state index contributed by atoms with van der Waals surface area (Å²) in [6.07, 6.45) is 0.111. The van der Waals surface area contributed by atoms with Crippen molar-refractivity contribution in [3.05, 3.63) is 29.6 Å². The molecule has 2 aliphatic rings. The SMILES string of the molecule is CCOC(=O)NC(=O)C1CCSC1NC(=O)C1Cc2c(F)cccc2S1. The maximum atomic E-state index is 13.8. The van der Waals surface area contributed by atoms with Crippen LogP contribution in [0, 0.1) is 11.7 Å². The zero-order chi connectivity index (χ0) is 18.7. The number of thioether (sulfide) groups is 2. The van der Waals surface area contributed by atoms with Crippen LogP contribution in [0.1, 0.15) is 18.9 Å². The Balaban J connectivity index is 1.58. The number of fused-ring (bicyclic) bond motifs is 1. The van der Waals surface area contributed by atoms with Gasteiger partial charge >= 0.3 is 6.09 Å². The molecular formula is C17H19FN2O4S2. The first-order valence-electron chi connectivity index (χ1n) is 8.33. The first-order chi connectivity index (χ1) is 12.5. The lowest BCUT2D eigenvalue weighted by Gasteiger charge is -2.20. The zero-order valence-corrected chi connectivity index (χ0v) is 15.8. The van der Waals surface area contributed by atoms with E-state index in [1.165, 1.54) is 29.6 Å². The minimum Gasteiger partial charge on any atom is -0.450 e. The van der Waals surface area contributed by atoms with E-state index < -0.39 is 28.5 Å². The van der Waals surface area contributed by atoms with Crippen LogP contribution < -0.4 is 10.6 Å². The van der Waals surface area contributed by atoms with Gasteiger partial charge in [0.25, 0.3) is 0 Å². The minimum absolute atomic E-state index is 0.175. The van der Waals surface area contributed by atoms with E-state index in [1.807, 2.05) is 0 Å². The number of hydrogen-bond donors (Lipinski definition) is 2. The fraction of sp³-hybridized carbons (Fsp3) is 0.471. The summed E-state index contributed by atoms with van der Waals surface area (Å²) in [6, 6.07) is 4.82. The van der Waals surface area contributed by atoms with Gasteiger partial charge in [0.1, 0.15) is 5.82 Å². The topological polar surface area (TPSA) is 84.5 Å². The molecule has 6 nitrogen and oxygen atoms in total. The standard InChI is InChI=1S/C17H19FN2O4S2/c1-2-24-17(23)20-14(21)9-6-7-25-16(9)19-15(22)13-8-10-11(18)4-3-5-12(10)26-13/h3-5,9,13,16H,2,6-8H2,1H3,(H,19,22)(H,20,21,23). The molecule has 3 rings (SSSR count). The number of benzene rings is 1. The smallest absolute Gasteiger partial charge is 0.413 e. The third-order valence-corrected chi connectivity index (χ3v) is 6.82. The summed E-state index contributed by atoms with van der Waals surface area (Å²) in [5.41, 5.74) is 0.563. The summed E-state index contributed by atoms with van der Waals surface area (Å²) in [5.74, 6) is -0.768. The van der Waals surface area contributed by atoms with Crippen molar-refractivity contribution in [1.29, 1.82) is 0 Å². The number of hydrogen-bond acceptors (Lipinski definition) is 6. The van der Waals surface area contributed by atoms with Crippen molar-refractivity contribution >= 4 is 41.4 Å². The molecule has 2 aliphatic heterocycles. The normalized spacial score (nSPS) is 24.0. The highest BCUT2D eigenvalue weighted by atomic mass is 32.2. The average molecular weight is 398 g/mol. The van der Waals surface area contributed by atoms with Crippen molar-refractivity contribution in [2.45, 2.75) is 35.3 Å². The molecule has 2 heterocycles. The molecule has 1 aromatic rings. The molecule has 9 heteroatoms. The van der Waals surface area contributed by atoms with Crippen LogP contribution in [0.4, 0.5) is 9.18 Å². The Morgan fingerprint density at radius 2 is 2.12 bits per heavy atom. The van der Waals surface area contributed by atoms with Crippen LogP contribution in [-0.4, -0.2) is 40.9 Å². The Kier molecular flexibility index (Phi) is 6.08. The number of carbonyl (C=O) groups is 3. The Morgan fingerprint density at radius 3 is 2.85 bits per heavy atom. The summed E-state index contributed by atoms with van der Waals surface area (Å²) in [5, 5.41) is 4.25. The molecular weight excluding hydrogens is 379 g/mol. The van der Waals surface area contributed by atoms with E-state index in [1.54, 1.807) is 19.1 Å². The van der Waals surface area contributed by atoms with Gasteiger partial charge in [-0.25, -0.2) is 9.18 Å². The summed E-state index contributed by atoms with van der Waals surface area (Å²) in [7, 11) is 0. The van der Waals surface area contributed by atoms with Crippen LogP contribution in [0.15, 0.2) is 23.1 Å². The number of nitrogens with one attached hydrogen (secondary N) is 2. The van der Waals surface area contributed by atoms with E-state index in [4.69, 9.17) is 4.74 Å². The van der Waals surface area contributed by atoms with Gasteiger partial charge < -0.3 is 10.1 Å². The lowest BCUT2D eigenvalue weighted by molar-refractivity contribution is -0.125. The van der Waals surface area contributed by atoms with E-state index in [-0.39, 0.29) is 18.3 Å². The molecule has 0 saturated carbocycles. The first-order valence-corrected chi connectivity index (χ1v) is 10.3. The van der Waals surface area contributed by atoms with E-state index in [0.717, 1.165) is 4.90 Å². The summed E-state index contributed by atoms with van der Waals surface area (Å²) >= 11 is 2.80. The predicted octanol–water partition coefficient (Wildman–Crippen LogP) is 2.31. The number of alkyl carbamates (subject to hydrolysis) is 1. The molecule has 0 aliphatic carbocycles. The Labute approximate surface area is 159 Å². The largest absolute Gasteiger partial charge is 0.450 e. The van der Waals surface area contributed by atoms with Crippen LogP contribution in [0.5, 0.6) is 0 Å². The van der Waals surface area contributed by atoms with Gasteiger partial charge in [-0.15, -0.1) is 23.5 Å². The van der Waals surface area contributed by atoms with Crippen molar-refractivity contribution in [3.63, 3.8) is 0 Å². The monoisotopic (exact) mass is 398 g/mol. The molecule has 0 bridgehead atoms. The predicted molar refractivity (Wildman–Crippen MR) is 97.4 cm³/mol. The number of imide groups is 1. The summed E-state index contributed by atoms with van der Waals surface area (Å²) < 4.78 is 18.6. The number of carbonyl (C=O) groups excluding carboxylic acids is 3. The van der Waals surface area contributed by atoms with Crippen LogP contribution in [0.25, 0.3) is 0 Å². The highest BCUT2D eigenvalue weighted by Crippen LogP contribution is 2.39. The lowest BCUT2D eigenvalue weighted by atomic mass is 10.1. The maximum absolute atomic E-state index is 13.8. The number of amides is 3. The molecule has 1 aromatic carbocycles. The molecule has 2 N–H and O–H groups in total. The molecule has 140 valence electrons. The Bertz CT molecular complexity index is 731. The number of ether oxygens (including phenoxy) is 1. The fourth-order valence-corrected chi connectivity index (χ4v) is 5.52. The van der Waals surface area contributed by atoms with Gasteiger partial charge in [0.2, 0.25) is 11.8 Å². The van der Waals surface area contributed by atoms with Gasteiger partial charge in [0, 0.05) is 10.5 Å². The third-order valence-electron chi connectivity index (χ3n) is 4.24. The Hall–Kier alpha value is -1.74. The average Bonchev–Trinajstić information content (AvgIpc) is 3.22. The van der Waals surface area contributed by atoms with Crippen LogP contribution in [-0.2, 0) is 20.7 Å². The molecule has 0 radical (unpaired) electrons. The first kappa shape index (κ1) is 19.0. The molecule has 0 aromatic heterocycles. The second-order valence-corrected chi connectivity index (χ2v) is 8.43. The van der Waals surface area contributed by atoms with Crippen molar-refractivity contribution in [2.75, 3.05) is 12.4 Å². The molecule has 3 atom stereocenters. The maximum Gasteiger partial charge on any atom is 0.413 e. The van der Waals surface area contributed by atoms with Gasteiger partial charge in [-0.3, -0.25) is 14.9 Å². The van der Waals surface area contributed by atoms with Crippen LogP contribution in [0.2, 0.25) is 0 Å². The van der Waals surface area contributed by atoms with Gasteiger partial charge in [0.05, 0.1) is 23.1 Å². The van der Waals surface area contributed by atoms with Crippen LogP contribution >= 0.6 is 23.5 Å². The van der Waals surface area contributed by atoms with Gasteiger partial charge in [-0.2, -0.15) is 0 Å². The van der Waals surface area contributed by atoms with E-state index >= 15 is 0 Å². The lowest BCUT2D eigenvalue weighted by Crippen LogP contribution is -2.46. The van der Waals surface area contributed by atoms with Crippen LogP contribution in [0.3, 0.4) is 0 Å². The minimum atomic E-state index is -0.781. The van der Waals surface area contributed by atoms with Crippen molar-refractivity contribution in [2.24, 2.45) is 5.92 Å². The molecule has 1 fully saturated rings. The molecule has 26 heavy (non-hydrogen) atoms. The summed E-state index contributed by atoms with van der Waals surface area (Å²) in [6.45, 7) is 1.83. The quantitative estimate of drug-likeness (QED) is 0.810. The van der Waals surface area contributed by atoms with Crippen molar-refractivity contribution in [1.82, 2.24) is 10.6 Å². The highest BCUT2D eigenvalue weighted by Gasteiger charge is 2.38. The Morgan fingerprint density at radius 1 is 1.31 bits per heavy atom. The molecule has 1 saturated heterocycles. The second-order valence-electron chi connectivity index (χ2n) is 5.93. The number of rotatable bonds is 4. The highest BCUT2D eigenvalue weighted by molar-refractivity contribution is 8.01. The van der Waals surface area contributed by atoms with Crippen molar-refractivity contribution in [3.8, 4) is 0 Å². The molecule has 3 unspecified atom stereocenters. The fourth-order valence-electron chi connectivity index (χ4n) is 2.97. The number of halogens is 1. The second kappa shape index (κ2) is 8.30. The zero-order valence-electron chi connectivity index (χ0n) is 14.1. The van der Waals surface area contributed by atoms with Gasteiger partial charge in [-0.1, -0.05) is 6.07 Å². The van der Waals surface area contributed by atoms with E-state index in [0.29, 0.717) is 24.2 Å². The van der Waals surface area contributed by atoms with E-state index in [9.17, 15) is 18.8 Å². The third kappa shape index (κ3) is 4.15. The van der Waals surface area contributed by atoms with Gasteiger partial charge in [0.15, 0.2) is 0 Å². The molecule has 3 amide bonds.